The molecule has 0 aromatic heterocycles. The summed E-state index contributed by atoms with van der Waals surface area (Å²) >= 11 is 0. The van der Waals surface area contributed by atoms with Gasteiger partial charge in [-0.15, -0.1) is 0 Å². The first-order valence-electron chi connectivity index (χ1n) is 7.95. The van der Waals surface area contributed by atoms with E-state index < -0.39 is 0 Å². The molecule has 0 bridgehead atoms. The number of nitrogens with two attached hydrogens (primary N) is 1. The van der Waals surface area contributed by atoms with E-state index >= 15 is 0 Å². The van der Waals surface area contributed by atoms with E-state index in [1.165, 1.54) is 42.4 Å². The number of likely N-dealkylation sites (N-methyl/N-ethyl adjacent to an activating group) is 1. The maximum absolute atomic E-state index is 6.19. The second-order valence-electron chi connectivity index (χ2n) is 6.86. The summed E-state index contributed by atoms with van der Waals surface area (Å²) in [4.78, 5) is 2.53. The van der Waals surface area contributed by atoms with Crippen molar-refractivity contribution < 1.29 is 0 Å². The molecule has 1 aliphatic carbocycles. The number of aryl methyl sites for hydroxylation is 2. The molecular weight excluding hydrogens is 244 g/mol. The van der Waals surface area contributed by atoms with E-state index in [1.54, 1.807) is 0 Å². The Kier molecular flexibility index (Phi) is 4.87. The van der Waals surface area contributed by atoms with Crippen molar-refractivity contribution in [1.29, 1.82) is 0 Å². The predicted molar refractivity (Wildman–Crippen MR) is 86.8 cm³/mol. The standard InChI is InChI=1S/C18H30N2/c1-14-7-6-10-18(11-14,13-19)20(4)12-17-15(2)8-5-9-16(17)3/h5,8-9,14H,6-7,10-13,19H2,1-4H3. The number of nitrogens with zero attached hydrogens (tertiary/aromatic N) is 1. The van der Waals surface area contributed by atoms with E-state index in [9.17, 15) is 0 Å². The molecule has 1 aromatic carbocycles. The van der Waals surface area contributed by atoms with Gasteiger partial charge in [-0.25, -0.2) is 0 Å². The molecule has 2 heteroatoms. The first kappa shape index (κ1) is 15.5. The molecule has 1 aromatic rings. The molecule has 1 aliphatic rings. The van der Waals surface area contributed by atoms with Crippen molar-refractivity contribution in [3.05, 3.63) is 34.9 Å². The molecule has 2 N–H and O–H groups in total. The highest BCUT2D eigenvalue weighted by atomic mass is 15.2. The fourth-order valence-corrected chi connectivity index (χ4v) is 3.82. The normalized spacial score (nSPS) is 27.0. The van der Waals surface area contributed by atoms with Crippen molar-refractivity contribution in [2.75, 3.05) is 13.6 Å². The van der Waals surface area contributed by atoms with Gasteiger partial charge in [0.25, 0.3) is 0 Å². The highest BCUT2D eigenvalue weighted by Gasteiger charge is 2.37. The van der Waals surface area contributed by atoms with E-state index in [0.717, 1.165) is 19.0 Å². The Morgan fingerprint density at radius 1 is 1.30 bits per heavy atom. The SMILES string of the molecule is Cc1cccc(C)c1CN(C)C1(CN)CCCC(C)C1. The Hall–Kier alpha value is -0.860. The van der Waals surface area contributed by atoms with Crippen LogP contribution in [0.2, 0.25) is 0 Å². The average molecular weight is 274 g/mol. The summed E-state index contributed by atoms with van der Waals surface area (Å²) in [6.07, 6.45) is 5.16. The van der Waals surface area contributed by atoms with Crippen molar-refractivity contribution in [2.45, 2.75) is 58.5 Å². The lowest BCUT2D eigenvalue weighted by Gasteiger charge is -2.46. The second kappa shape index (κ2) is 6.28. The minimum atomic E-state index is 0.201. The Labute approximate surface area is 124 Å². The van der Waals surface area contributed by atoms with Crippen molar-refractivity contribution in [1.82, 2.24) is 4.90 Å². The Balaban J connectivity index is 2.19. The van der Waals surface area contributed by atoms with Gasteiger partial charge in [-0.1, -0.05) is 38.0 Å². The van der Waals surface area contributed by atoms with Crippen LogP contribution in [0.5, 0.6) is 0 Å². The Morgan fingerprint density at radius 3 is 2.50 bits per heavy atom. The maximum atomic E-state index is 6.19. The third-order valence-electron chi connectivity index (χ3n) is 5.30. The van der Waals surface area contributed by atoms with Gasteiger partial charge in [-0.2, -0.15) is 0 Å². The van der Waals surface area contributed by atoms with Crippen LogP contribution in [0.15, 0.2) is 18.2 Å². The summed E-state index contributed by atoms with van der Waals surface area (Å²) in [7, 11) is 2.26. The van der Waals surface area contributed by atoms with Crippen LogP contribution in [-0.2, 0) is 6.54 Å². The van der Waals surface area contributed by atoms with Crippen LogP contribution in [0.25, 0.3) is 0 Å². The fraction of sp³-hybridized carbons (Fsp3) is 0.667. The van der Waals surface area contributed by atoms with E-state index in [-0.39, 0.29) is 5.54 Å². The van der Waals surface area contributed by atoms with Gasteiger partial charge in [-0.3, -0.25) is 4.90 Å². The summed E-state index contributed by atoms with van der Waals surface area (Å²) in [5.74, 6) is 0.799. The molecule has 0 amide bonds. The molecule has 2 atom stereocenters. The monoisotopic (exact) mass is 274 g/mol. The number of hydrogen-bond acceptors (Lipinski definition) is 2. The zero-order valence-corrected chi connectivity index (χ0v) is 13.6. The van der Waals surface area contributed by atoms with Crippen LogP contribution >= 0.6 is 0 Å². The molecule has 2 unspecified atom stereocenters. The quantitative estimate of drug-likeness (QED) is 0.908. The molecule has 20 heavy (non-hydrogen) atoms. The number of benzene rings is 1. The van der Waals surface area contributed by atoms with Crippen LogP contribution < -0.4 is 5.73 Å². The number of rotatable bonds is 4. The van der Waals surface area contributed by atoms with Gasteiger partial charge in [0.1, 0.15) is 0 Å². The molecular formula is C18H30N2. The minimum Gasteiger partial charge on any atom is -0.329 e. The van der Waals surface area contributed by atoms with Crippen molar-refractivity contribution in [3.8, 4) is 0 Å². The first-order chi connectivity index (χ1) is 9.48. The molecule has 0 saturated heterocycles. The minimum absolute atomic E-state index is 0.201. The average Bonchev–Trinajstić information content (AvgIpc) is 2.42. The third-order valence-corrected chi connectivity index (χ3v) is 5.30. The molecule has 2 nitrogen and oxygen atoms in total. The van der Waals surface area contributed by atoms with Gasteiger partial charge in [0, 0.05) is 18.6 Å². The van der Waals surface area contributed by atoms with Gasteiger partial charge >= 0.3 is 0 Å². The molecule has 0 aliphatic heterocycles. The Bertz CT molecular complexity index is 434. The van der Waals surface area contributed by atoms with E-state index in [2.05, 4.69) is 50.9 Å². The van der Waals surface area contributed by atoms with Gasteiger partial charge in [0.05, 0.1) is 0 Å². The van der Waals surface area contributed by atoms with E-state index in [1.807, 2.05) is 0 Å². The summed E-state index contributed by atoms with van der Waals surface area (Å²) in [5.41, 5.74) is 10.7. The highest BCUT2D eigenvalue weighted by Crippen LogP contribution is 2.36. The lowest BCUT2D eigenvalue weighted by atomic mass is 9.75. The zero-order valence-electron chi connectivity index (χ0n) is 13.6. The lowest BCUT2D eigenvalue weighted by molar-refractivity contribution is 0.0552. The molecule has 0 spiro atoms. The first-order valence-corrected chi connectivity index (χ1v) is 7.95. The molecule has 1 fully saturated rings. The molecule has 1 saturated carbocycles. The van der Waals surface area contributed by atoms with E-state index in [4.69, 9.17) is 5.73 Å². The highest BCUT2D eigenvalue weighted by molar-refractivity contribution is 5.33. The van der Waals surface area contributed by atoms with Crippen LogP contribution in [-0.4, -0.2) is 24.0 Å². The largest absolute Gasteiger partial charge is 0.329 e. The van der Waals surface area contributed by atoms with Gasteiger partial charge in [0.15, 0.2) is 0 Å². The van der Waals surface area contributed by atoms with Gasteiger partial charge in [0.2, 0.25) is 0 Å². The van der Waals surface area contributed by atoms with Crippen LogP contribution in [0.3, 0.4) is 0 Å². The van der Waals surface area contributed by atoms with Crippen LogP contribution in [0, 0.1) is 19.8 Å². The van der Waals surface area contributed by atoms with Crippen LogP contribution in [0.1, 0.15) is 49.3 Å². The van der Waals surface area contributed by atoms with Crippen LogP contribution in [0.4, 0.5) is 0 Å². The van der Waals surface area contributed by atoms with Gasteiger partial charge < -0.3 is 5.73 Å². The van der Waals surface area contributed by atoms with Crippen molar-refractivity contribution in [2.24, 2.45) is 11.7 Å². The smallest absolute Gasteiger partial charge is 0.0334 e. The topological polar surface area (TPSA) is 29.3 Å². The Morgan fingerprint density at radius 2 is 1.95 bits per heavy atom. The summed E-state index contributed by atoms with van der Waals surface area (Å²) in [5, 5.41) is 0. The van der Waals surface area contributed by atoms with Crippen molar-refractivity contribution >= 4 is 0 Å². The second-order valence-corrected chi connectivity index (χ2v) is 6.86. The van der Waals surface area contributed by atoms with Crippen molar-refractivity contribution in [3.63, 3.8) is 0 Å². The summed E-state index contributed by atoms with van der Waals surface area (Å²) < 4.78 is 0. The third kappa shape index (κ3) is 3.07. The number of hydrogen-bond donors (Lipinski definition) is 1. The maximum Gasteiger partial charge on any atom is 0.0334 e. The predicted octanol–water partition coefficient (Wildman–Crippen LogP) is 3.64. The molecule has 2 rings (SSSR count). The fourth-order valence-electron chi connectivity index (χ4n) is 3.82. The zero-order chi connectivity index (χ0) is 14.8. The molecule has 0 radical (unpaired) electrons. The van der Waals surface area contributed by atoms with E-state index in [0.29, 0.717) is 0 Å². The lowest BCUT2D eigenvalue weighted by Crippen LogP contribution is -2.54. The summed E-state index contributed by atoms with van der Waals surface area (Å²) in [6.45, 7) is 8.60. The summed E-state index contributed by atoms with van der Waals surface area (Å²) in [6, 6.07) is 6.58. The molecule has 112 valence electrons. The molecule has 0 heterocycles. The van der Waals surface area contributed by atoms with Gasteiger partial charge in [-0.05, 0) is 56.3 Å².